The molecular formula is C16H23FN2. The maximum Gasteiger partial charge on any atom is 0.123 e. The summed E-state index contributed by atoms with van der Waals surface area (Å²) in [5.41, 5.74) is 1.24. The first kappa shape index (κ1) is 13.1. The number of piperidine rings is 1. The largest absolute Gasteiger partial charge is 0.315 e. The maximum atomic E-state index is 12.9. The van der Waals surface area contributed by atoms with Crippen LogP contribution in [0.1, 0.15) is 25.3 Å². The molecule has 2 aliphatic rings. The molecule has 0 saturated carbocycles. The number of hydrogen-bond acceptors (Lipinski definition) is 2. The number of nitrogens with zero attached hydrogens (tertiary/aromatic N) is 1. The molecule has 1 N–H and O–H groups in total. The Hall–Kier alpha value is -0.930. The fourth-order valence-corrected chi connectivity index (χ4v) is 3.73. The molecule has 3 atom stereocenters. The topological polar surface area (TPSA) is 15.3 Å². The van der Waals surface area contributed by atoms with Crippen LogP contribution in [-0.2, 0) is 6.42 Å². The van der Waals surface area contributed by atoms with Gasteiger partial charge in [-0.25, -0.2) is 4.39 Å². The smallest absolute Gasteiger partial charge is 0.123 e. The Kier molecular flexibility index (Phi) is 3.85. The first-order chi connectivity index (χ1) is 9.24. The molecule has 2 fully saturated rings. The van der Waals surface area contributed by atoms with E-state index in [1.807, 2.05) is 12.1 Å². The highest BCUT2D eigenvalue weighted by Crippen LogP contribution is 2.28. The van der Waals surface area contributed by atoms with Crippen LogP contribution >= 0.6 is 0 Å². The number of benzene rings is 1. The summed E-state index contributed by atoms with van der Waals surface area (Å²) >= 11 is 0. The molecule has 2 nitrogen and oxygen atoms in total. The summed E-state index contributed by atoms with van der Waals surface area (Å²) in [7, 11) is 0. The zero-order valence-corrected chi connectivity index (χ0v) is 11.6. The fourth-order valence-electron chi connectivity index (χ4n) is 3.73. The van der Waals surface area contributed by atoms with Gasteiger partial charge in [0.2, 0.25) is 0 Å². The molecule has 1 aromatic carbocycles. The standard InChI is InChI=1S/C16H23FN2/c1-12(9-13-4-6-15(17)7-5-13)19-8-2-3-14-10-18-11-16(14)19/h4-7,12,14,16,18H,2-3,8-11H2,1H3. The molecule has 19 heavy (non-hydrogen) atoms. The zero-order valence-electron chi connectivity index (χ0n) is 11.6. The van der Waals surface area contributed by atoms with Gasteiger partial charge in [0.05, 0.1) is 0 Å². The van der Waals surface area contributed by atoms with E-state index in [1.54, 1.807) is 12.1 Å². The highest BCUT2D eigenvalue weighted by atomic mass is 19.1. The second kappa shape index (κ2) is 5.59. The number of halogens is 1. The van der Waals surface area contributed by atoms with E-state index in [2.05, 4.69) is 17.1 Å². The molecule has 3 heteroatoms. The van der Waals surface area contributed by atoms with Crippen LogP contribution in [0.25, 0.3) is 0 Å². The van der Waals surface area contributed by atoms with E-state index in [-0.39, 0.29) is 5.82 Å². The Bertz CT molecular complexity index is 417. The third-order valence-corrected chi connectivity index (χ3v) is 4.73. The van der Waals surface area contributed by atoms with E-state index < -0.39 is 0 Å². The van der Waals surface area contributed by atoms with Crippen molar-refractivity contribution in [2.24, 2.45) is 5.92 Å². The van der Waals surface area contributed by atoms with Gasteiger partial charge >= 0.3 is 0 Å². The van der Waals surface area contributed by atoms with Crippen LogP contribution in [0.15, 0.2) is 24.3 Å². The maximum absolute atomic E-state index is 12.9. The highest BCUT2D eigenvalue weighted by Gasteiger charge is 2.36. The second-order valence-corrected chi connectivity index (χ2v) is 6.05. The molecule has 3 unspecified atom stereocenters. The summed E-state index contributed by atoms with van der Waals surface area (Å²) in [6.07, 6.45) is 3.71. The van der Waals surface area contributed by atoms with E-state index in [0.717, 1.165) is 18.9 Å². The minimum atomic E-state index is -0.144. The van der Waals surface area contributed by atoms with Gasteiger partial charge in [-0.2, -0.15) is 0 Å². The van der Waals surface area contributed by atoms with E-state index in [9.17, 15) is 4.39 Å². The van der Waals surface area contributed by atoms with Crippen LogP contribution in [0.5, 0.6) is 0 Å². The lowest BCUT2D eigenvalue weighted by Crippen LogP contribution is -2.50. The predicted molar refractivity (Wildman–Crippen MR) is 75.7 cm³/mol. The average Bonchev–Trinajstić information content (AvgIpc) is 2.89. The van der Waals surface area contributed by atoms with E-state index in [4.69, 9.17) is 0 Å². The molecule has 0 radical (unpaired) electrons. The van der Waals surface area contributed by atoms with Crippen LogP contribution < -0.4 is 5.32 Å². The molecule has 0 aromatic heterocycles. The Morgan fingerprint density at radius 1 is 1.32 bits per heavy atom. The van der Waals surface area contributed by atoms with Crippen molar-refractivity contribution in [3.63, 3.8) is 0 Å². The van der Waals surface area contributed by atoms with Crippen molar-refractivity contribution in [3.05, 3.63) is 35.6 Å². The highest BCUT2D eigenvalue weighted by molar-refractivity contribution is 5.17. The molecule has 3 rings (SSSR count). The summed E-state index contributed by atoms with van der Waals surface area (Å²) in [6, 6.07) is 8.22. The SMILES string of the molecule is CC(Cc1ccc(F)cc1)N1CCCC2CNCC21. The number of likely N-dealkylation sites (tertiary alicyclic amines) is 1. The molecule has 0 spiro atoms. The Morgan fingerprint density at radius 2 is 2.11 bits per heavy atom. The quantitative estimate of drug-likeness (QED) is 0.900. The number of rotatable bonds is 3. The fraction of sp³-hybridized carbons (Fsp3) is 0.625. The molecule has 1 aromatic rings. The van der Waals surface area contributed by atoms with E-state index in [0.29, 0.717) is 12.1 Å². The second-order valence-electron chi connectivity index (χ2n) is 6.05. The molecule has 0 amide bonds. The summed E-state index contributed by atoms with van der Waals surface area (Å²) in [5, 5.41) is 3.53. The van der Waals surface area contributed by atoms with Crippen LogP contribution in [0.2, 0.25) is 0 Å². The van der Waals surface area contributed by atoms with Gasteiger partial charge < -0.3 is 5.32 Å². The van der Waals surface area contributed by atoms with Gasteiger partial charge in [0.25, 0.3) is 0 Å². The third kappa shape index (κ3) is 2.82. The number of nitrogens with one attached hydrogen (secondary N) is 1. The van der Waals surface area contributed by atoms with E-state index >= 15 is 0 Å². The Labute approximate surface area is 115 Å². The monoisotopic (exact) mass is 262 g/mol. The molecule has 104 valence electrons. The molecule has 2 aliphatic heterocycles. The van der Waals surface area contributed by atoms with Crippen LogP contribution in [0.4, 0.5) is 4.39 Å². The van der Waals surface area contributed by atoms with Crippen molar-refractivity contribution < 1.29 is 4.39 Å². The molecule has 2 saturated heterocycles. The van der Waals surface area contributed by atoms with E-state index in [1.165, 1.54) is 31.5 Å². The molecule has 0 bridgehead atoms. The van der Waals surface area contributed by atoms with Crippen LogP contribution in [-0.4, -0.2) is 36.6 Å². The number of hydrogen-bond donors (Lipinski definition) is 1. The lowest BCUT2D eigenvalue weighted by molar-refractivity contribution is 0.0848. The van der Waals surface area contributed by atoms with Crippen molar-refractivity contribution >= 4 is 0 Å². The van der Waals surface area contributed by atoms with Crippen molar-refractivity contribution in [2.45, 2.75) is 38.3 Å². The lowest BCUT2D eigenvalue weighted by atomic mass is 9.90. The number of fused-ring (bicyclic) bond motifs is 1. The third-order valence-electron chi connectivity index (χ3n) is 4.73. The molecule has 2 heterocycles. The summed E-state index contributed by atoms with van der Waals surface area (Å²) < 4.78 is 12.9. The van der Waals surface area contributed by atoms with Gasteiger partial charge in [-0.3, -0.25) is 4.90 Å². The summed E-state index contributed by atoms with van der Waals surface area (Å²) in [4.78, 5) is 2.66. The van der Waals surface area contributed by atoms with Crippen molar-refractivity contribution in [1.82, 2.24) is 10.2 Å². The zero-order chi connectivity index (χ0) is 13.2. The van der Waals surface area contributed by atoms with Gasteiger partial charge in [0, 0.05) is 18.6 Å². The normalized spacial score (nSPS) is 29.2. The van der Waals surface area contributed by atoms with Crippen molar-refractivity contribution in [3.8, 4) is 0 Å². The summed E-state index contributed by atoms with van der Waals surface area (Å²) in [6.45, 7) is 5.85. The molecular weight excluding hydrogens is 239 g/mol. The Morgan fingerprint density at radius 3 is 2.89 bits per heavy atom. The lowest BCUT2D eigenvalue weighted by Gasteiger charge is -2.41. The van der Waals surface area contributed by atoms with Gasteiger partial charge in [-0.05, 0) is 62.9 Å². The van der Waals surface area contributed by atoms with Crippen molar-refractivity contribution in [1.29, 1.82) is 0 Å². The first-order valence-corrected chi connectivity index (χ1v) is 7.45. The van der Waals surface area contributed by atoms with Crippen LogP contribution in [0.3, 0.4) is 0 Å². The Balaban J connectivity index is 1.65. The molecule has 0 aliphatic carbocycles. The first-order valence-electron chi connectivity index (χ1n) is 7.45. The van der Waals surface area contributed by atoms with Gasteiger partial charge in [-0.15, -0.1) is 0 Å². The average molecular weight is 262 g/mol. The minimum absolute atomic E-state index is 0.144. The minimum Gasteiger partial charge on any atom is -0.315 e. The van der Waals surface area contributed by atoms with Crippen molar-refractivity contribution in [2.75, 3.05) is 19.6 Å². The summed E-state index contributed by atoms with van der Waals surface area (Å²) in [5.74, 6) is 0.693. The van der Waals surface area contributed by atoms with Gasteiger partial charge in [0.15, 0.2) is 0 Å². The predicted octanol–water partition coefficient (Wildman–Crippen LogP) is 2.44. The van der Waals surface area contributed by atoms with Gasteiger partial charge in [0.1, 0.15) is 5.82 Å². The van der Waals surface area contributed by atoms with Crippen LogP contribution in [0, 0.1) is 11.7 Å². The van der Waals surface area contributed by atoms with Gasteiger partial charge in [-0.1, -0.05) is 12.1 Å².